The minimum absolute atomic E-state index is 0.165. The van der Waals surface area contributed by atoms with Gasteiger partial charge in [0, 0.05) is 17.4 Å². The van der Waals surface area contributed by atoms with Gasteiger partial charge in [0.1, 0.15) is 0 Å². The van der Waals surface area contributed by atoms with Crippen LogP contribution in [-0.2, 0) is 4.79 Å². The van der Waals surface area contributed by atoms with Crippen LogP contribution < -0.4 is 11.1 Å². The van der Waals surface area contributed by atoms with Gasteiger partial charge in [-0.3, -0.25) is 4.79 Å². The summed E-state index contributed by atoms with van der Waals surface area (Å²) in [7, 11) is 0. The SMILES string of the molecule is CC1(C(=O)NC2CCCC2C(N)=S)CCCCC1. The molecule has 2 rings (SSSR count). The van der Waals surface area contributed by atoms with Crippen molar-refractivity contribution in [1.82, 2.24) is 5.32 Å². The molecule has 3 nitrogen and oxygen atoms in total. The van der Waals surface area contributed by atoms with E-state index < -0.39 is 0 Å². The molecule has 0 aromatic rings. The molecule has 2 atom stereocenters. The molecule has 4 heteroatoms. The van der Waals surface area contributed by atoms with Crippen LogP contribution in [0.15, 0.2) is 0 Å². The Bertz CT molecular complexity index is 337. The van der Waals surface area contributed by atoms with Crippen molar-refractivity contribution in [1.29, 1.82) is 0 Å². The predicted molar refractivity (Wildman–Crippen MR) is 77.2 cm³/mol. The van der Waals surface area contributed by atoms with E-state index in [-0.39, 0.29) is 23.3 Å². The number of nitrogens with one attached hydrogen (secondary N) is 1. The lowest BCUT2D eigenvalue weighted by molar-refractivity contribution is -0.132. The van der Waals surface area contributed by atoms with E-state index in [1.165, 1.54) is 19.3 Å². The van der Waals surface area contributed by atoms with E-state index >= 15 is 0 Å². The molecule has 0 spiro atoms. The third-order valence-electron chi connectivity index (χ3n) is 4.70. The van der Waals surface area contributed by atoms with Gasteiger partial charge in [0.25, 0.3) is 0 Å². The lowest BCUT2D eigenvalue weighted by Gasteiger charge is -2.34. The van der Waals surface area contributed by atoms with Gasteiger partial charge in [-0.2, -0.15) is 0 Å². The molecule has 2 fully saturated rings. The van der Waals surface area contributed by atoms with Crippen molar-refractivity contribution in [3.8, 4) is 0 Å². The highest BCUT2D eigenvalue weighted by molar-refractivity contribution is 7.80. The van der Waals surface area contributed by atoms with Gasteiger partial charge in [0.05, 0.1) is 4.99 Å². The smallest absolute Gasteiger partial charge is 0.226 e. The number of hydrogen-bond donors (Lipinski definition) is 2. The van der Waals surface area contributed by atoms with Crippen molar-refractivity contribution in [2.45, 2.75) is 64.3 Å². The van der Waals surface area contributed by atoms with Gasteiger partial charge in [-0.25, -0.2) is 0 Å². The summed E-state index contributed by atoms with van der Waals surface area (Å²) in [6, 6.07) is 0.175. The maximum absolute atomic E-state index is 12.4. The summed E-state index contributed by atoms with van der Waals surface area (Å²) in [6.07, 6.45) is 8.81. The first kappa shape index (κ1) is 13.8. The summed E-state index contributed by atoms with van der Waals surface area (Å²) < 4.78 is 0. The van der Waals surface area contributed by atoms with Crippen LogP contribution in [0.5, 0.6) is 0 Å². The van der Waals surface area contributed by atoms with Crippen LogP contribution in [0.1, 0.15) is 58.3 Å². The third kappa shape index (κ3) is 2.85. The van der Waals surface area contributed by atoms with Gasteiger partial charge in [-0.15, -0.1) is 0 Å². The summed E-state index contributed by atoms with van der Waals surface area (Å²) in [5.41, 5.74) is 5.59. The lowest BCUT2D eigenvalue weighted by atomic mass is 9.75. The molecule has 2 unspecified atom stereocenters. The van der Waals surface area contributed by atoms with Crippen molar-refractivity contribution in [3.63, 3.8) is 0 Å². The van der Waals surface area contributed by atoms with Crippen LogP contribution in [0.4, 0.5) is 0 Å². The minimum atomic E-state index is -0.165. The van der Waals surface area contributed by atoms with Crippen molar-refractivity contribution < 1.29 is 4.79 Å². The maximum atomic E-state index is 12.4. The number of thiocarbonyl (C=S) groups is 1. The normalized spacial score (nSPS) is 30.9. The maximum Gasteiger partial charge on any atom is 0.226 e. The molecule has 0 aliphatic heterocycles. The molecule has 2 saturated carbocycles. The number of carbonyl (C=O) groups is 1. The lowest BCUT2D eigenvalue weighted by Crippen LogP contribution is -2.48. The summed E-state index contributed by atoms with van der Waals surface area (Å²) in [4.78, 5) is 13.0. The van der Waals surface area contributed by atoms with Crippen LogP contribution in [0, 0.1) is 11.3 Å². The molecule has 0 saturated heterocycles. The fraction of sp³-hybridized carbons (Fsp3) is 0.857. The van der Waals surface area contributed by atoms with E-state index in [0.717, 1.165) is 32.1 Å². The van der Waals surface area contributed by atoms with Gasteiger partial charge in [-0.05, 0) is 25.7 Å². The first-order chi connectivity index (χ1) is 8.53. The van der Waals surface area contributed by atoms with Gasteiger partial charge in [-0.1, -0.05) is 44.8 Å². The Kier molecular flexibility index (Phi) is 4.25. The first-order valence-electron chi connectivity index (χ1n) is 7.13. The van der Waals surface area contributed by atoms with Crippen LogP contribution in [-0.4, -0.2) is 16.9 Å². The van der Waals surface area contributed by atoms with E-state index in [1.54, 1.807) is 0 Å². The molecular weight excluding hydrogens is 244 g/mol. The molecule has 0 radical (unpaired) electrons. The topological polar surface area (TPSA) is 55.1 Å². The van der Waals surface area contributed by atoms with E-state index in [0.29, 0.717) is 4.99 Å². The Morgan fingerprint density at radius 2 is 1.89 bits per heavy atom. The number of nitrogens with two attached hydrogens (primary N) is 1. The predicted octanol–water partition coefficient (Wildman–Crippen LogP) is 2.53. The second-order valence-electron chi connectivity index (χ2n) is 6.14. The molecule has 102 valence electrons. The van der Waals surface area contributed by atoms with E-state index in [4.69, 9.17) is 18.0 Å². The fourth-order valence-corrected chi connectivity index (χ4v) is 3.66. The summed E-state index contributed by atoms with van der Waals surface area (Å²) in [5.74, 6) is 0.423. The molecule has 18 heavy (non-hydrogen) atoms. The zero-order valence-corrected chi connectivity index (χ0v) is 12.0. The monoisotopic (exact) mass is 268 g/mol. The standard InChI is InChI=1S/C14H24N2OS/c1-14(8-3-2-4-9-14)13(17)16-11-7-5-6-10(11)12(15)18/h10-11H,2-9H2,1H3,(H2,15,18)(H,16,17). The van der Waals surface area contributed by atoms with Crippen molar-refractivity contribution in [3.05, 3.63) is 0 Å². The largest absolute Gasteiger partial charge is 0.393 e. The number of amides is 1. The first-order valence-corrected chi connectivity index (χ1v) is 7.54. The molecule has 3 N–H and O–H groups in total. The Labute approximate surface area is 115 Å². The summed E-state index contributed by atoms with van der Waals surface area (Å²) in [5, 5.41) is 3.21. The van der Waals surface area contributed by atoms with E-state index in [9.17, 15) is 4.79 Å². The zero-order chi connectivity index (χ0) is 13.2. The molecule has 0 aromatic heterocycles. The average molecular weight is 268 g/mol. The highest BCUT2D eigenvalue weighted by atomic mass is 32.1. The zero-order valence-electron chi connectivity index (χ0n) is 11.2. The minimum Gasteiger partial charge on any atom is -0.393 e. The fourth-order valence-electron chi connectivity index (χ4n) is 3.38. The number of rotatable bonds is 3. The Hall–Kier alpha value is -0.640. The van der Waals surface area contributed by atoms with Crippen LogP contribution in [0.3, 0.4) is 0 Å². The molecule has 1 amide bonds. The van der Waals surface area contributed by atoms with Gasteiger partial charge < -0.3 is 11.1 Å². The quantitative estimate of drug-likeness (QED) is 0.773. The molecule has 0 aromatic carbocycles. The summed E-state index contributed by atoms with van der Waals surface area (Å²) >= 11 is 5.10. The van der Waals surface area contributed by atoms with Crippen molar-refractivity contribution in [2.24, 2.45) is 17.1 Å². The van der Waals surface area contributed by atoms with E-state index in [1.807, 2.05) is 0 Å². The molecular formula is C14H24N2OS. The number of carbonyl (C=O) groups excluding carboxylic acids is 1. The van der Waals surface area contributed by atoms with Crippen LogP contribution >= 0.6 is 12.2 Å². The molecule has 2 aliphatic carbocycles. The Morgan fingerprint density at radius 1 is 1.22 bits per heavy atom. The van der Waals surface area contributed by atoms with Crippen LogP contribution in [0.25, 0.3) is 0 Å². The molecule has 0 bridgehead atoms. The van der Waals surface area contributed by atoms with E-state index in [2.05, 4.69) is 12.2 Å². The van der Waals surface area contributed by atoms with Crippen LogP contribution in [0.2, 0.25) is 0 Å². The van der Waals surface area contributed by atoms with Crippen molar-refractivity contribution in [2.75, 3.05) is 0 Å². The highest BCUT2D eigenvalue weighted by Crippen LogP contribution is 2.37. The van der Waals surface area contributed by atoms with Gasteiger partial charge >= 0.3 is 0 Å². The number of hydrogen-bond acceptors (Lipinski definition) is 2. The second-order valence-corrected chi connectivity index (χ2v) is 6.61. The third-order valence-corrected chi connectivity index (χ3v) is 5.01. The molecule has 2 aliphatic rings. The Morgan fingerprint density at radius 3 is 2.50 bits per heavy atom. The average Bonchev–Trinajstić information content (AvgIpc) is 2.78. The van der Waals surface area contributed by atoms with Gasteiger partial charge in [0.15, 0.2) is 0 Å². The molecule has 0 heterocycles. The van der Waals surface area contributed by atoms with Gasteiger partial charge in [0.2, 0.25) is 5.91 Å². The Balaban J connectivity index is 1.96. The summed E-state index contributed by atoms with van der Waals surface area (Å²) in [6.45, 7) is 2.10. The highest BCUT2D eigenvalue weighted by Gasteiger charge is 2.38. The second kappa shape index (κ2) is 5.55. The van der Waals surface area contributed by atoms with Crippen molar-refractivity contribution >= 4 is 23.1 Å².